The lowest BCUT2D eigenvalue weighted by Gasteiger charge is -2.25. The Morgan fingerprint density at radius 2 is 2.31 bits per heavy atom. The van der Waals surface area contributed by atoms with Crippen LogP contribution >= 0.6 is 0 Å². The second-order valence-corrected chi connectivity index (χ2v) is 3.69. The molecule has 1 saturated carbocycles. The number of hydrogen-bond acceptors (Lipinski definition) is 3. The summed E-state index contributed by atoms with van der Waals surface area (Å²) >= 11 is 0. The first kappa shape index (κ1) is 8.97. The van der Waals surface area contributed by atoms with Crippen molar-refractivity contribution < 1.29 is 9.63 Å². The maximum Gasteiger partial charge on any atom is 0.260 e. The Hall–Kier alpha value is -0.610. The minimum absolute atomic E-state index is 0.0756. The highest BCUT2D eigenvalue weighted by Gasteiger charge is 2.23. The third-order valence-electron chi connectivity index (χ3n) is 2.40. The molecule has 0 atom stereocenters. The Labute approximate surface area is 78.2 Å². The molecule has 0 aromatic rings. The molecule has 1 saturated heterocycles. The molecule has 0 unspecified atom stereocenters. The van der Waals surface area contributed by atoms with E-state index < -0.39 is 0 Å². The summed E-state index contributed by atoms with van der Waals surface area (Å²) in [5.41, 5.74) is 0. The van der Waals surface area contributed by atoms with Gasteiger partial charge in [-0.15, -0.1) is 0 Å². The number of carbonyl (C=O) groups excluding carboxylic acids is 1. The first-order valence-electron chi connectivity index (χ1n) is 5.03. The molecule has 2 fully saturated rings. The van der Waals surface area contributed by atoms with Crippen LogP contribution in [0.15, 0.2) is 0 Å². The van der Waals surface area contributed by atoms with Crippen LogP contribution in [0.1, 0.15) is 25.7 Å². The van der Waals surface area contributed by atoms with Gasteiger partial charge >= 0.3 is 0 Å². The average molecular weight is 184 g/mol. The molecule has 13 heavy (non-hydrogen) atoms. The third kappa shape index (κ3) is 2.67. The van der Waals surface area contributed by atoms with Crippen molar-refractivity contribution in [2.45, 2.75) is 31.7 Å². The zero-order valence-corrected chi connectivity index (χ0v) is 7.79. The monoisotopic (exact) mass is 184 g/mol. The quantitative estimate of drug-likeness (QED) is 0.685. The molecule has 1 N–H and O–H groups in total. The highest BCUT2D eigenvalue weighted by Crippen LogP contribution is 2.18. The maximum atomic E-state index is 11.5. The molecule has 74 valence electrons. The number of amides is 1. The van der Waals surface area contributed by atoms with E-state index in [1.807, 2.05) is 0 Å². The van der Waals surface area contributed by atoms with Crippen LogP contribution in [0, 0.1) is 0 Å². The van der Waals surface area contributed by atoms with Gasteiger partial charge in [-0.2, -0.15) is 0 Å². The summed E-state index contributed by atoms with van der Waals surface area (Å²) in [6.45, 7) is 1.88. The number of rotatable bonds is 3. The van der Waals surface area contributed by atoms with E-state index >= 15 is 0 Å². The Morgan fingerprint density at radius 1 is 1.46 bits per heavy atom. The summed E-state index contributed by atoms with van der Waals surface area (Å²) in [5, 5.41) is 4.68. The number of hydroxylamine groups is 2. The number of nitrogens with one attached hydrogen (secondary N) is 1. The SMILES string of the molecule is O=C(CNC1CC1)N1CCCCO1. The van der Waals surface area contributed by atoms with Gasteiger partial charge in [0.05, 0.1) is 13.2 Å². The van der Waals surface area contributed by atoms with Gasteiger partial charge in [0.15, 0.2) is 0 Å². The van der Waals surface area contributed by atoms with Crippen LogP contribution < -0.4 is 5.32 Å². The fraction of sp³-hybridized carbons (Fsp3) is 0.889. The molecular weight excluding hydrogens is 168 g/mol. The summed E-state index contributed by atoms with van der Waals surface area (Å²) in [6, 6.07) is 0.591. The Morgan fingerprint density at radius 3 is 2.92 bits per heavy atom. The molecule has 0 radical (unpaired) electrons. The summed E-state index contributed by atoms with van der Waals surface area (Å²) in [4.78, 5) is 16.7. The second-order valence-electron chi connectivity index (χ2n) is 3.69. The standard InChI is InChI=1S/C9H16N2O2/c12-9(7-10-8-3-4-8)11-5-1-2-6-13-11/h8,10H,1-7H2. The molecule has 1 amide bonds. The maximum absolute atomic E-state index is 11.5. The Kier molecular flexibility index (Phi) is 2.80. The van der Waals surface area contributed by atoms with Gasteiger partial charge in [0.2, 0.25) is 0 Å². The van der Waals surface area contributed by atoms with Gasteiger partial charge in [-0.1, -0.05) is 0 Å². The lowest BCUT2D eigenvalue weighted by atomic mass is 10.3. The summed E-state index contributed by atoms with van der Waals surface area (Å²) < 4.78 is 0. The first-order valence-corrected chi connectivity index (χ1v) is 5.03. The van der Waals surface area contributed by atoms with E-state index in [4.69, 9.17) is 4.84 Å². The van der Waals surface area contributed by atoms with Crippen LogP contribution in [0.2, 0.25) is 0 Å². The highest BCUT2D eigenvalue weighted by atomic mass is 16.7. The van der Waals surface area contributed by atoms with E-state index in [1.165, 1.54) is 17.9 Å². The van der Waals surface area contributed by atoms with Crippen molar-refractivity contribution in [3.05, 3.63) is 0 Å². The molecular formula is C9H16N2O2. The van der Waals surface area contributed by atoms with E-state index in [1.54, 1.807) is 0 Å². The lowest BCUT2D eigenvalue weighted by Crippen LogP contribution is -2.41. The zero-order valence-electron chi connectivity index (χ0n) is 7.79. The van der Waals surface area contributed by atoms with Crippen LogP contribution in [0.4, 0.5) is 0 Å². The summed E-state index contributed by atoms with van der Waals surface area (Å²) in [5.74, 6) is 0.0756. The first-order chi connectivity index (χ1) is 6.36. The van der Waals surface area contributed by atoms with Gasteiger partial charge in [-0.05, 0) is 25.7 Å². The van der Waals surface area contributed by atoms with Crippen molar-refractivity contribution in [1.82, 2.24) is 10.4 Å². The van der Waals surface area contributed by atoms with Crippen LogP contribution in [0.25, 0.3) is 0 Å². The summed E-state index contributed by atoms with van der Waals surface area (Å²) in [7, 11) is 0. The van der Waals surface area contributed by atoms with E-state index in [2.05, 4.69) is 5.32 Å². The van der Waals surface area contributed by atoms with Gasteiger partial charge in [-0.25, -0.2) is 5.06 Å². The number of nitrogens with zero attached hydrogens (tertiary/aromatic N) is 1. The lowest BCUT2D eigenvalue weighted by molar-refractivity contribution is -0.196. The van der Waals surface area contributed by atoms with Gasteiger partial charge in [0.25, 0.3) is 5.91 Å². The molecule has 0 aromatic heterocycles. The van der Waals surface area contributed by atoms with Gasteiger partial charge < -0.3 is 5.32 Å². The van der Waals surface area contributed by atoms with Crippen molar-refractivity contribution in [1.29, 1.82) is 0 Å². The van der Waals surface area contributed by atoms with Crippen molar-refractivity contribution in [3.8, 4) is 0 Å². The molecule has 0 spiro atoms. The van der Waals surface area contributed by atoms with E-state index in [0.717, 1.165) is 19.4 Å². The van der Waals surface area contributed by atoms with Gasteiger partial charge in [0.1, 0.15) is 0 Å². The largest absolute Gasteiger partial charge is 0.306 e. The van der Waals surface area contributed by atoms with Crippen LogP contribution in [0.3, 0.4) is 0 Å². The van der Waals surface area contributed by atoms with Crippen molar-refractivity contribution in [2.24, 2.45) is 0 Å². The Balaban J connectivity index is 1.67. The molecule has 0 bridgehead atoms. The van der Waals surface area contributed by atoms with Crippen molar-refractivity contribution >= 4 is 5.91 Å². The highest BCUT2D eigenvalue weighted by molar-refractivity contribution is 5.77. The molecule has 2 rings (SSSR count). The van der Waals surface area contributed by atoms with Crippen LogP contribution in [-0.2, 0) is 9.63 Å². The van der Waals surface area contributed by atoms with E-state index in [0.29, 0.717) is 19.2 Å². The minimum atomic E-state index is 0.0756. The predicted molar refractivity (Wildman–Crippen MR) is 47.9 cm³/mol. The van der Waals surface area contributed by atoms with Gasteiger partial charge in [0, 0.05) is 12.6 Å². The molecule has 4 heteroatoms. The molecule has 1 aliphatic heterocycles. The Bertz CT molecular complexity index is 186. The topological polar surface area (TPSA) is 41.6 Å². The molecule has 2 aliphatic rings. The van der Waals surface area contributed by atoms with E-state index in [-0.39, 0.29) is 5.91 Å². The molecule has 0 aromatic carbocycles. The molecule has 4 nitrogen and oxygen atoms in total. The third-order valence-corrected chi connectivity index (χ3v) is 2.40. The van der Waals surface area contributed by atoms with Crippen LogP contribution in [-0.4, -0.2) is 36.7 Å². The van der Waals surface area contributed by atoms with Crippen LogP contribution in [0.5, 0.6) is 0 Å². The van der Waals surface area contributed by atoms with Crippen molar-refractivity contribution in [2.75, 3.05) is 19.7 Å². The smallest absolute Gasteiger partial charge is 0.260 e. The zero-order chi connectivity index (χ0) is 9.10. The number of carbonyl (C=O) groups is 1. The summed E-state index contributed by atoms with van der Waals surface area (Å²) in [6.07, 6.45) is 4.57. The second kappa shape index (κ2) is 4.07. The minimum Gasteiger partial charge on any atom is -0.306 e. The fourth-order valence-corrected chi connectivity index (χ4v) is 1.40. The average Bonchev–Trinajstić information content (AvgIpc) is 2.99. The molecule has 1 heterocycles. The van der Waals surface area contributed by atoms with E-state index in [9.17, 15) is 4.79 Å². The molecule has 1 aliphatic carbocycles. The fourth-order valence-electron chi connectivity index (χ4n) is 1.40. The normalized spacial score (nSPS) is 23.2. The number of hydrogen-bond donors (Lipinski definition) is 1. The predicted octanol–water partition coefficient (Wildman–Crippen LogP) is 0.292. The van der Waals surface area contributed by atoms with Crippen molar-refractivity contribution in [3.63, 3.8) is 0 Å². The van der Waals surface area contributed by atoms with Gasteiger partial charge in [-0.3, -0.25) is 9.63 Å².